The van der Waals surface area contributed by atoms with Crippen molar-refractivity contribution in [2.45, 2.75) is 102 Å². The SMILES string of the molecule is CC(C)=CCCC(C)=CC(C)(C)C.CC1=CC(C)C(C(C)(C)C)CC1. The maximum atomic E-state index is 2.46. The normalized spacial score (nSPS) is 21.9. The Morgan fingerprint density at radius 1 is 1.08 bits per heavy atom. The summed E-state index contributed by atoms with van der Waals surface area (Å²) in [7, 11) is 0. The lowest BCUT2D eigenvalue weighted by molar-refractivity contribution is 0.172. The molecule has 0 saturated heterocycles. The Kier molecular flexibility index (Phi) is 10.1. The van der Waals surface area contributed by atoms with Gasteiger partial charge in [0.1, 0.15) is 0 Å². The number of allylic oxidation sites excluding steroid dienone is 6. The van der Waals surface area contributed by atoms with E-state index in [0.717, 1.165) is 11.8 Å². The molecule has 0 nitrogen and oxygen atoms in total. The molecule has 0 fully saturated rings. The van der Waals surface area contributed by atoms with Crippen molar-refractivity contribution in [1.29, 1.82) is 0 Å². The lowest BCUT2D eigenvalue weighted by Gasteiger charge is -2.37. The van der Waals surface area contributed by atoms with Crippen molar-refractivity contribution < 1.29 is 0 Å². The third kappa shape index (κ3) is 12.2. The highest BCUT2D eigenvalue weighted by molar-refractivity contribution is 5.08. The van der Waals surface area contributed by atoms with Gasteiger partial charge in [0, 0.05) is 0 Å². The van der Waals surface area contributed by atoms with Crippen LogP contribution in [0.25, 0.3) is 0 Å². The Balaban J connectivity index is 0.000000462. The first kappa shape index (κ1) is 24.2. The largest absolute Gasteiger partial charge is 0.0856 e. The van der Waals surface area contributed by atoms with Crippen LogP contribution >= 0.6 is 0 Å². The van der Waals surface area contributed by atoms with Crippen molar-refractivity contribution in [1.82, 2.24) is 0 Å². The molecule has 0 aromatic heterocycles. The molecule has 0 aliphatic heterocycles. The second-order valence-corrected chi connectivity index (χ2v) is 10.6. The molecule has 2 atom stereocenters. The van der Waals surface area contributed by atoms with Crippen LogP contribution in [0.5, 0.6) is 0 Å². The number of hydrogen-bond donors (Lipinski definition) is 0. The van der Waals surface area contributed by atoms with Crippen molar-refractivity contribution in [3.63, 3.8) is 0 Å². The summed E-state index contributed by atoms with van der Waals surface area (Å²) in [4.78, 5) is 0. The molecule has 0 aromatic rings. The van der Waals surface area contributed by atoms with E-state index in [4.69, 9.17) is 0 Å². The summed E-state index contributed by atoms with van der Waals surface area (Å²) < 4.78 is 0. The topological polar surface area (TPSA) is 0 Å². The average molecular weight is 347 g/mol. The van der Waals surface area contributed by atoms with Gasteiger partial charge in [0.15, 0.2) is 0 Å². The molecule has 0 amide bonds. The molecule has 0 heterocycles. The van der Waals surface area contributed by atoms with Crippen LogP contribution in [-0.4, -0.2) is 0 Å². The van der Waals surface area contributed by atoms with E-state index in [2.05, 4.69) is 94.4 Å². The molecule has 25 heavy (non-hydrogen) atoms. The third-order valence-corrected chi connectivity index (χ3v) is 4.91. The standard InChI is InChI=1S/C13H24.C12H22/c1-11(2)8-7-9-12(3)10-13(4,5)6;1-9-6-7-11(10(2)8-9)12(3,4)5/h8,10H,7,9H2,1-6H3;8,10-11H,6-7H2,1-5H3. The van der Waals surface area contributed by atoms with Crippen molar-refractivity contribution in [3.05, 3.63) is 34.9 Å². The van der Waals surface area contributed by atoms with Gasteiger partial charge in [0.2, 0.25) is 0 Å². The van der Waals surface area contributed by atoms with E-state index in [1.807, 2.05) is 0 Å². The summed E-state index contributed by atoms with van der Waals surface area (Å²) in [6.07, 6.45) is 12.2. The molecule has 0 saturated carbocycles. The lowest BCUT2D eigenvalue weighted by Crippen LogP contribution is -2.28. The Morgan fingerprint density at radius 2 is 1.64 bits per heavy atom. The molecule has 1 rings (SSSR count). The first-order valence-electron chi connectivity index (χ1n) is 10.2. The van der Waals surface area contributed by atoms with Crippen LogP contribution in [0, 0.1) is 22.7 Å². The summed E-state index contributed by atoms with van der Waals surface area (Å²) in [6, 6.07) is 0. The van der Waals surface area contributed by atoms with Crippen LogP contribution in [0.1, 0.15) is 102 Å². The van der Waals surface area contributed by atoms with Gasteiger partial charge in [-0.05, 0) is 76.0 Å². The van der Waals surface area contributed by atoms with Gasteiger partial charge in [-0.2, -0.15) is 0 Å². The summed E-state index contributed by atoms with van der Waals surface area (Å²) in [5.41, 5.74) is 5.32. The quantitative estimate of drug-likeness (QED) is 0.448. The molecular formula is C25H46. The molecule has 0 spiro atoms. The Bertz CT molecular complexity index is 467. The number of hydrogen-bond acceptors (Lipinski definition) is 0. The van der Waals surface area contributed by atoms with Gasteiger partial charge in [0.05, 0.1) is 0 Å². The van der Waals surface area contributed by atoms with E-state index in [9.17, 15) is 0 Å². The van der Waals surface area contributed by atoms with Crippen LogP contribution in [0.3, 0.4) is 0 Å². The molecule has 146 valence electrons. The minimum Gasteiger partial charge on any atom is -0.0856 e. The van der Waals surface area contributed by atoms with Crippen LogP contribution in [-0.2, 0) is 0 Å². The maximum absolute atomic E-state index is 2.46. The van der Waals surface area contributed by atoms with Crippen molar-refractivity contribution in [3.8, 4) is 0 Å². The summed E-state index contributed by atoms with van der Waals surface area (Å²) in [5.74, 6) is 1.65. The van der Waals surface area contributed by atoms with E-state index >= 15 is 0 Å². The van der Waals surface area contributed by atoms with Gasteiger partial charge in [-0.25, -0.2) is 0 Å². The van der Waals surface area contributed by atoms with Crippen LogP contribution in [0.2, 0.25) is 0 Å². The average Bonchev–Trinajstić information content (AvgIpc) is 2.34. The molecule has 0 radical (unpaired) electrons. The van der Waals surface area contributed by atoms with Crippen molar-refractivity contribution in [2.24, 2.45) is 22.7 Å². The second kappa shape index (κ2) is 10.4. The maximum Gasteiger partial charge on any atom is -0.0201 e. The highest BCUT2D eigenvalue weighted by atomic mass is 14.3. The number of rotatable bonds is 3. The molecule has 0 aromatic carbocycles. The second-order valence-electron chi connectivity index (χ2n) is 10.6. The minimum atomic E-state index is 0.328. The Labute approximate surface area is 159 Å². The molecule has 2 unspecified atom stereocenters. The van der Waals surface area contributed by atoms with Gasteiger partial charge in [-0.15, -0.1) is 0 Å². The fourth-order valence-corrected chi connectivity index (χ4v) is 3.92. The highest BCUT2D eigenvalue weighted by Gasteiger charge is 2.30. The van der Waals surface area contributed by atoms with Gasteiger partial charge >= 0.3 is 0 Å². The zero-order valence-electron chi connectivity index (χ0n) is 19.2. The highest BCUT2D eigenvalue weighted by Crippen LogP contribution is 2.40. The molecule has 1 aliphatic carbocycles. The van der Waals surface area contributed by atoms with Crippen molar-refractivity contribution in [2.75, 3.05) is 0 Å². The van der Waals surface area contributed by atoms with Crippen molar-refractivity contribution >= 4 is 0 Å². The van der Waals surface area contributed by atoms with Gasteiger partial charge in [-0.3, -0.25) is 0 Å². The minimum absolute atomic E-state index is 0.328. The van der Waals surface area contributed by atoms with E-state index in [-0.39, 0.29) is 0 Å². The summed E-state index contributed by atoms with van der Waals surface area (Å²) in [5, 5.41) is 0. The first-order chi connectivity index (χ1) is 11.2. The van der Waals surface area contributed by atoms with E-state index in [0.29, 0.717) is 10.8 Å². The van der Waals surface area contributed by atoms with E-state index in [1.165, 1.54) is 36.8 Å². The lowest BCUT2D eigenvalue weighted by atomic mass is 9.68. The van der Waals surface area contributed by atoms with Crippen LogP contribution in [0.15, 0.2) is 34.9 Å². The summed E-state index contributed by atoms with van der Waals surface area (Å²) in [6.45, 7) is 25.0. The fourth-order valence-electron chi connectivity index (χ4n) is 3.92. The van der Waals surface area contributed by atoms with E-state index < -0.39 is 0 Å². The van der Waals surface area contributed by atoms with Crippen LogP contribution < -0.4 is 0 Å². The first-order valence-corrected chi connectivity index (χ1v) is 10.2. The molecular weight excluding hydrogens is 300 g/mol. The van der Waals surface area contributed by atoms with Crippen LogP contribution in [0.4, 0.5) is 0 Å². The zero-order chi connectivity index (χ0) is 19.8. The smallest absolute Gasteiger partial charge is 0.0201 e. The van der Waals surface area contributed by atoms with Gasteiger partial charge in [0.25, 0.3) is 0 Å². The molecule has 0 heteroatoms. The molecule has 1 aliphatic rings. The van der Waals surface area contributed by atoms with Gasteiger partial charge < -0.3 is 0 Å². The monoisotopic (exact) mass is 346 g/mol. The predicted octanol–water partition coefficient (Wildman–Crippen LogP) is 8.75. The predicted molar refractivity (Wildman–Crippen MR) is 117 cm³/mol. The third-order valence-electron chi connectivity index (χ3n) is 4.91. The van der Waals surface area contributed by atoms with E-state index in [1.54, 1.807) is 5.57 Å². The molecule has 0 N–H and O–H groups in total. The Morgan fingerprint density at radius 3 is 2.04 bits per heavy atom. The van der Waals surface area contributed by atoms with Gasteiger partial charge in [-0.1, -0.05) is 83.4 Å². The summed E-state index contributed by atoms with van der Waals surface area (Å²) >= 11 is 0. The molecule has 0 bridgehead atoms. The Hall–Kier alpha value is -0.780. The zero-order valence-corrected chi connectivity index (χ0v) is 19.2. The fraction of sp³-hybridized carbons (Fsp3) is 0.760.